The number of nitrogens with zero attached hydrogens (tertiary/aromatic N) is 2. The summed E-state index contributed by atoms with van der Waals surface area (Å²) in [5.41, 5.74) is 2.16. The summed E-state index contributed by atoms with van der Waals surface area (Å²) in [6.07, 6.45) is -0.116. The van der Waals surface area contributed by atoms with Crippen LogP contribution in [0.25, 0.3) is 10.9 Å². The Morgan fingerprint density at radius 2 is 2.22 bits per heavy atom. The number of benzene rings is 1. The molecule has 120 valence electrons. The van der Waals surface area contributed by atoms with Crippen molar-refractivity contribution < 1.29 is 14.3 Å². The van der Waals surface area contributed by atoms with Gasteiger partial charge >= 0.3 is 5.97 Å². The van der Waals surface area contributed by atoms with Gasteiger partial charge in [0.15, 0.2) is 0 Å². The Hall–Kier alpha value is -2.32. The maximum atomic E-state index is 12.1. The minimum atomic E-state index is -0.500. The number of carbonyl (C=O) groups is 1. The van der Waals surface area contributed by atoms with Gasteiger partial charge in [0.05, 0.1) is 24.7 Å². The number of rotatable bonds is 2. The van der Waals surface area contributed by atoms with Crippen LogP contribution in [-0.4, -0.2) is 22.7 Å². The zero-order valence-electron chi connectivity index (χ0n) is 13.6. The lowest BCUT2D eigenvalue weighted by Gasteiger charge is -2.27. The van der Waals surface area contributed by atoms with Crippen molar-refractivity contribution in [2.45, 2.75) is 45.4 Å². The summed E-state index contributed by atoms with van der Waals surface area (Å²) in [6, 6.07) is 9.79. The Morgan fingerprint density at radius 3 is 2.91 bits per heavy atom. The van der Waals surface area contributed by atoms with Crippen molar-refractivity contribution in [2.24, 2.45) is 0 Å². The molecule has 0 spiro atoms. The van der Waals surface area contributed by atoms with Gasteiger partial charge in [0.2, 0.25) is 0 Å². The van der Waals surface area contributed by atoms with Crippen LogP contribution >= 0.6 is 0 Å². The van der Waals surface area contributed by atoms with Crippen LogP contribution in [-0.2, 0) is 20.8 Å². The molecular weight excluding hydrogens is 292 g/mol. The molecule has 0 saturated carbocycles. The lowest BCUT2D eigenvalue weighted by Crippen LogP contribution is -2.28. The van der Waals surface area contributed by atoms with Gasteiger partial charge in [-0.2, -0.15) is 5.26 Å². The maximum absolute atomic E-state index is 12.1. The highest BCUT2D eigenvalue weighted by atomic mass is 16.6. The van der Waals surface area contributed by atoms with E-state index < -0.39 is 5.60 Å². The molecule has 0 amide bonds. The second-order valence-corrected chi connectivity index (χ2v) is 6.76. The molecule has 2 heterocycles. The van der Waals surface area contributed by atoms with Crippen LogP contribution < -0.4 is 0 Å². The molecule has 0 radical (unpaired) electrons. The van der Waals surface area contributed by atoms with Crippen molar-refractivity contribution in [1.29, 1.82) is 5.26 Å². The monoisotopic (exact) mass is 312 g/mol. The van der Waals surface area contributed by atoms with E-state index in [1.165, 1.54) is 0 Å². The largest absolute Gasteiger partial charge is 0.460 e. The van der Waals surface area contributed by atoms with E-state index >= 15 is 0 Å². The first-order chi connectivity index (χ1) is 10.9. The predicted octanol–water partition coefficient (Wildman–Crippen LogP) is 3.32. The summed E-state index contributed by atoms with van der Waals surface area (Å²) in [7, 11) is 0. The molecule has 5 nitrogen and oxygen atoms in total. The summed E-state index contributed by atoms with van der Waals surface area (Å²) >= 11 is 0. The number of hydrogen-bond acceptors (Lipinski definition) is 4. The first-order valence-electron chi connectivity index (χ1n) is 7.74. The number of nitriles is 1. The van der Waals surface area contributed by atoms with E-state index in [0.717, 1.165) is 23.1 Å². The molecule has 0 saturated heterocycles. The highest BCUT2D eigenvalue weighted by molar-refractivity contribution is 5.83. The second kappa shape index (κ2) is 5.71. The van der Waals surface area contributed by atoms with E-state index in [2.05, 4.69) is 10.6 Å². The van der Waals surface area contributed by atoms with Gasteiger partial charge in [-0.15, -0.1) is 0 Å². The van der Waals surface area contributed by atoms with Crippen molar-refractivity contribution in [1.82, 2.24) is 4.57 Å². The number of hydrogen-bond donors (Lipinski definition) is 0. The fourth-order valence-corrected chi connectivity index (χ4v) is 2.95. The lowest BCUT2D eigenvalue weighted by molar-refractivity contribution is -0.158. The molecule has 5 heteroatoms. The Kier molecular flexibility index (Phi) is 3.87. The number of ether oxygens (including phenoxy) is 2. The minimum Gasteiger partial charge on any atom is -0.460 e. The van der Waals surface area contributed by atoms with Gasteiger partial charge in [0.1, 0.15) is 11.7 Å². The van der Waals surface area contributed by atoms with E-state index in [4.69, 9.17) is 14.7 Å². The number of esters is 1. The van der Waals surface area contributed by atoms with Gasteiger partial charge < -0.3 is 14.0 Å². The van der Waals surface area contributed by atoms with E-state index in [1.54, 1.807) is 0 Å². The standard InChI is InChI=1S/C18H20N2O3/c1-18(2,3)23-17(21)10-16-15-9-13-8-12(11-19)4-5-14(13)20(15)6-7-22-16/h4-5,8-9,16H,6-7,10H2,1-3H3. The summed E-state index contributed by atoms with van der Waals surface area (Å²) < 4.78 is 13.3. The second-order valence-electron chi connectivity index (χ2n) is 6.76. The summed E-state index contributed by atoms with van der Waals surface area (Å²) in [5, 5.41) is 10.0. The maximum Gasteiger partial charge on any atom is 0.309 e. The molecule has 1 unspecified atom stereocenters. The predicted molar refractivity (Wildman–Crippen MR) is 85.8 cm³/mol. The third kappa shape index (κ3) is 3.22. The lowest BCUT2D eigenvalue weighted by atomic mass is 10.1. The van der Waals surface area contributed by atoms with E-state index in [9.17, 15) is 4.79 Å². The molecule has 1 aromatic heterocycles. The molecule has 3 rings (SSSR count). The van der Waals surface area contributed by atoms with E-state index in [0.29, 0.717) is 12.2 Å². The Morgan fingerprint density at radius 1 is 1.43 bits per heavy atom. The third-order valence-corrected chi connectivity index (χ3v) is 3.80. The Balaban J connectivity index is 1.90. The highest BCUT2D eigenvalue weighted by Gasteiger charge is 2.27. The van der Waals surface area contributed by atoms with Crippen LogP contribution in [0, 0.1) is 11.3 Å². The van der Waals surface area contributed by atoms with Gasteiger partial charge in [0, 0.05) is 23.1 Å². The zero-order valence-corrected chi connectivity index (χ0v) is 13.6. The molecule has 1 aromatic carbocycles. The zero-order chi connectivity index (χ0) is 16.6. The van der Waals surface area contributed by atoms with Crippen LogP contribution in [0.15, 0.2) is 24.3 Å². The summed E-state index contributed by atoms with van der Waals surface area (Å²) in [6.45, 7) is 6.87. The van der Waals surface area contributed by atoms with Crippen LogP contribution in [0.2, 0.25) is 0 Å². The molecule has 2 aromatic rings. The minimum absolute atomic E-state index is 0.193. The fourth-order valence-electron chi connectivity index (χ4n) is 2.95. The van der Waals surface area contributed by atoms with Crippen molar-refractivity contribution in [3.05, 3.63) is 35.5 Å². The average molecular weight is 312 g/mol. The van der Waals surface area contributed by atoms with Gasteiger partial charge in [-0.05, 0) is 45.0 Å². The molecule has 0 aliphatic carbocycles. The number of fused-ring (bicyclic) bond motifs is 3. The molecule has 23 heavy (non-hydrogen) atoms. The molecule has 1 aliphatic rings. The van der Waals surface area contributed by atoms with Crippen LogP contribution in [0.4, 0.5) is 0 Å². The Labute approximate surface area is 135 Å². The third-order valence-electron chi connectivity index (χ3n) is 3.80. The Bertz CT molecular complexity index is 793. The van der Waals surface area contributed by atoms with Gasteiger partial charge in [-0.1, -0.05) is 0 Å². The summed E-state index contributed by atoms with van der Waals surface area (Å²) in [4.78, 5) is 12.1. The van der Waals surface area contributed by atoms with Crippen molar-refractivity contribution in [3.8, 4) is 6.07 Å². The average Bonchev–Trinajstić information content (AvgIpc) is 2.84. The fraction of sp³-hybridized carbons (Fsp3) is 0.444. The highest BCUT2D eigenvalue weighted by Crippen LogP contribution is 2.32. The van der Waals surface area contributed by atoms with Crippen molar-refractivity contribution in [2.75, 3.05) is 6.61 Å². The topological polar surface area (TPSA) is 64.2 Å². The van der Waals surface area contributed by atoms with Crippen LogP contribution in [0.3, 0.4) is 0 Å². The van der Waals surface area contributed by atoms with Crippen molar-refractivity contribution in [3.63, 3.8) is 0 Å². The van der Waals surface area contributed by atoms with Gasteiger partial charge in [-0.25, -0.2) is 0 Å². The molecular formula is C18H20N2O3. The molecule has 0 fully saturated rings. The molecule has 0 bridgehead atoms. The smallest absolute Gasteiger partial charge is 0.309 e. The molecule has 1 atom stereocenters. The summed E-state index contributed by atoms with van der Waals surface area (Å²) in [5.74, 6) is -0.265. The van der Waals surface area contributed by atoms with E-state index in [1.807, 2.05) is 45.0 Å². The van der Waals surface area contributed by atoms with Gasteiger partial charge in [0.25, 0.3) is 0 Å². The quantitative estimate of drug-likeness (QED) is 0.798. The number of aromatic nitrogens is 1. The first-order valence-corrected chi connectivity index (χ1v) is 7.74. The number of carbonyl (C=O) groups excluding carboxylic acids is 1. The normalized spacial score (nSPS) is 17.6. The van der Waals surface area contributed by atoms with Crippen molar-refractivity contribution >= 4 is 16.9 Å². The molecule has 1 aliphatic heterocycles. The van der Waals surface area contributed by atoms with Gasteiger partial charge in [-0.3, -0.25) is 4.79 Å². The molecule has 0 N–H and O–H groups in total. The van der Waals surface area contributed by atoms with Crippen LogP contribution in [0.5, 0.6) is 0 Å². The van der Waals surface area contributed by atoms with E-state index in [-0.39, 0.29) is 18.5 Å². The van der Waals surface area contributed by atoms with Crippen LogP contribution in [0.1, 0.15) is 44.6 Å². The SMILES string of the molecule is CC(C)(C)OC(=O)CC1OCCn2c1cc1cc(C#N)ccc12. The first kappa shape index (κ1) is 15.6.